The maximum Gasteiger partial charge on any atom is 0.221 e. The van der Waals surface area contributed by atoms with E-state index in [1.807, 2.05) is 30.3 Å². The number of aromatic amines is 1. The standard InChI is InChI=1S/C17H14ClN5OS/c1-11(24)20-13-8-6-12(7-9-13)10-19-23-16(21-22-17(23)25)14-4-2-3-5-15(14)18/h2-10H,1H3,(H,20,24)(H,22,25)/b19-10-. The molecule has 3 rings (SSSR count). The van der Waals surface area contributed by atoms with Crippen molar-refractivity contribution < 1.29 is 4.79 Å². The van der Waals surface area contributed by atoms with Crippen molar-refractivity contribution in [3.8, 4) is 11.4 Å². The summed E-state index contributed by atoms with van der Waals surface area (Å²) < 4.78 is 1.87. The molecule has 0 bridgehead atoms. The summed E-state index contributed by atoms with van der Waals surface area (Å²) in [6.45, 7) is 1.46. The summed E-state index contributed by atoms with van der Waals surface area (Å²) in [6, 6.07) is 14.6. The number of halogens is 1. The van der Waals surface area contributed by atoms with Crippen LogP contribution in [0.4, 0.5) is 5.69 Å². The van der Waals surface area contributed by atoms with Gasteiger partial charge in [-0.2, -0.15) is 14.9 Å². The molecule has 8 heteroatoms. The van der Waals surface area contributed by atoms with Crippen molar-refractivity contribution in [1.82, 2.24) is 14.9 Å². The zero-order valence-electron chi connectivity index (χ0n) is 13.2. The van der Waals surface area contributed by atoms with Gasteiger partial charge >= 0.3 is 0 Å². The van der Waals surface area contributed by atoms with E-state index in [0.29, 0.717) is 15.6 Å². The number of rotatable bonds is 4. The Labute approximate surface area is 154 Å². The van der Waals surface area contributed by atoms with Gasteiger partial charge in [0.1, 0.15) is 0 Å². The normalized spacial score (nSPS) is 11.0. The third-order valence-electron chi connectivity index (χ3n) is 3.32. The van der Waals surface area contributed by atoms with Crippen LogP contribution in [-0.2, 0) is 4.79 Å². The lowest BCUT2D eigenvalue weighted by Gasteiger charge is -2.03. The number of hydrogen-bond donors (Lipinski definition) is 2. The van der Waals surface area contributed by atoms with Crippen molar-refractivity contribution in [1.29, 1.82) is 0 Å². The molecule has 0 aliphatic carbocycles. The van der Waals surface area contributed by atoms with Crippen molar-refractivity contribution in [2.45, 2.75) is 6.92 Å². The van der Waals surface area contributed by atoms with Crippen molar-refractivity contribution in [2.24, 2.45) is 5.10 Å². The van der Waals surface area contributed by atoms with E-state index in [4.69, 9.17) is 23.8 Å². The van der Waals surface area contributed by atoms with Gasteiger partial charge in [-0.25, -0.2) is 5.10 Å². The fourth-order valence-electron chi connectivity index (χ4n) is 2.20. The van der Waals surface area contributed by atoms with Crippen LogP contribution < -0.4 is 5.32 Å². The van der Waals surface area contributed by atoms with Crippen molar-refractivity contribution >= 4 is 41.6 Å². The van der Waals surface area contributed by atoms with E-state index in [1.54, 1.807) is 24.4 Å². The Morgan fingerprint density at radius 1 is 1.28 bits per heavy atom. The largest absolute Gasteiger partial charge is 0.326 e. The predicted octanol–water partition coefficient (Wildman–Crippen LogP) is 4.10. The highest BCUT2D eigenvalue weighted by atomic mass is 35.5. The predicted molar refractivity (Wildman–Crippen MR) is 102 cm³/mol. The van der Waals surface area contributed by atoms with Gasteiger partial charge in [0, 0.05) is 18.2 Å². The number of benzene rings is 2. The van der Waals surface area contributed by atoms with E-state index in [2.05, 4.69) is 20.6 Å². The summed E-state index contributed by atoms with van der Waals surface area (Å²) in [6.07, 6.45) is 1.66. The first-order valence-electron chi connectivity index (χ1n) is 7.39. The third kappa shape index (κ3) is 4.01. The Hall–Kier alpha value is -2.77. The van der Waals surface area contributed by atoms with Crippen LogP contribution >= 0.6 is 23.8 Å². The highest BCUT2D eigenvalue weighted by Crippen LogP contribution is 2.25. The van der Waals surface area contributed by atoms with Crippen LogP contribution in [0.2, 0.25) is 5.02 Å². The minimum Gasteiger partial charge on any atom is -0.326 e. The number of amides is 1. The summed E-state index contributed by atoms with van der Waals surface area (Å²) >= 11 is 11.5. The molecular formula is C17H14ClN5OS. The second kappa shape index (κ2) is 7.42. The molecule has 1 amide bonds. The van der Waals surface area contributed by atoms with Crippen molar-refractivity contribution in [3.05, 3.63) is 63.9 Å². The number of nitrogens with zero attached hydrogens (tertiary/aromatic N) is 3. The maximum atomic E-state index is 11.0. The highest BCUT2D eigenvalue weighted by molar-refractivity contribution is 7.71. The first kappa shape index (κ1) is 17.1. The monoisotopic (exact) mass is 371 g/mol. The number of anilines is 1. The lowest BCUT2D eigenvalue weighted by Crippen LogP contribution is -2.05. The molecule has 6 nitrogen and oxygen atoms in total. The number of nitrogens with one attached hydrogen (secondary N) is 2. The summed E-state index contributed by atoms with van der Waals surface area (Å²) in [7, 11) is 0. The van der Waals surface area contributed by atoms with Crippen LogP contribution in [0.3, 0.4) is 0 Å². The van der Waals surface area contributed by atoms with E-state index in [-0.39, 0.29) is 5.91 Å². The SMILES string of the molecule is CC(=O)Nc1ccc(/C=N\n2c(-c3ccccc3Cl)n[nH]c2=S)cc1. The van der Waals surface area contributed by atoms with Gasteiger partial charge in [0.05, 0.1) is 11.2 Å². The Bertz CT molecular complexity index is 991. The summed E-state index contributed by atoms with van der Waals surface area (Å²) in [5.74, 6) is 0.414. The molecule has 0 aliphatic heterocycles. The van der Waals surface area contributed by atoms with E-state index in [1.165, 1.54) is 11.6 Å². The fraction of sp³-hybridized carbons (Fsp3) is 0.0588. The van der Waals surface area contributed by atoms with Gasteiger partial charge in [-0.05, 0) is 42.0 Å². The smallest absolute Gasteiger partial charge is 0.221 e. The molecule has 0 unspecified atom stereocenters. The van der Waals surface area contributed by atoms with Crippen LogP contribution in [0, 0.1) is 4.77 Å². The second-order valence-corrected chi connectivity index (χ2v) is 5.99. The average Bonchev–Trinajstić information content (AvgIpc) is 2.95. The van der Waals surface area contributed by atoms with Crippen molar-refractivity contribution in [2.75, 3.05) is 5.32 Å². The molecule has 0 saturated heterocycles. The molecule has 0 atom stereocenters. The lowest BCUT2D eigenvalue weighted by molar-refractivity contribution is -0.114. The lowest BCUT2D eigenvalue weighted by atomic mass is 10.2. The molecule has 0 aliphatic rings. The number of carbonyl (C=O) groups excluding carboxylic acids is 1. The van der Waals surface area contributed by atoms with Crippen LogP contribution in [0.25, 0.3) is 11.4 Å². The molecular weight excluding hydrogens is 358 g/mol. The van der Waals surface area contributed by atoms with Crippen LogP contribution in [0.1, 0.15) is 12.5 Å². The molecule has 0 spiro atoms. The van der Waals surface area contributed by atoms with Gasteiger partial charge in [-0.1, -0.05) is 35.9 Å². The summed E-state index contributed by atoms with van der Waals surface area (Å²) in [5, 5.41) is 14.6. The van der Waals surface area contributed by atoms with Gasteiger partial charge in [-0.3, -0.25) is 4.79 Å². The Morgan fingerprint density at radius 3 is 2.68 bits per heavy atom. The van der Waals surface area contributed by atoms with Gasteiger partial charge in [0.2, 0.25) is 10.7 Å². The third-order valence-corrected chi connectivity index (χ3v) is 3.91. The zero-order chi connectivity index (χ0) is 17.8. The minimum atomic E-state index is -0.115. The Balaban J connectivity index is 1.90. The molecule has 25 heavy (non-hydrogen) atoms. The van der Waals surface area contributed by atoms with E-state index >= 15 is 0 Å². The van der Waals surface area contributed by atoms with E-state index in [9.17, 15) is 4.79 Å². The fourth-order valence-corrected chi connectivity index (χ4v) is 2.60. The molecule has 0 radical (unpaired) electrons. The van der Waals surface area contributed by atoms with Gasteiger partial charge in [0.25, 0.3) is 0 Å². The molecule has 126 valence electrons. The first-order chi connectivity index (χ1) is 12.0. The molecule has 2 N–H and O–H groups in total. The summed E-state index contributed by atoms with van der Waals surface area (Å²) in [5.41, 5.74) is 2.30. The number of carbonyl (C=O) groups is 1. The minimum absolute atomic E-state index is 0.115. The molecule has 2 aromatic carbocycles. The first-order valence-corrected chi connectivity index (χ1v) is 8.17. The van der Waals surface area contributed by atoms with E-state index < -0.39 is 0 Å². The number of H-pyrrole nitrogens is 1. The average molecular weight is 372 g/mol. The van der Waals surface area contributed by atoms with Crippen LogP contribution in [0.5, 0.6) is 0 Å². The Morgan fingerprint density at radius 2 is 2.00 bits per heavy atom. The van der Waals surface area contributed by atoms with Crippen LogP contribution in [0.15, 0.2) is 53.6 Å². The van der Waals surface area contributed by atoms with Gasteiger partial charge in [-0.15, -0.1) is 0 Å². The number of aromatic nitrogens is 3. The maximum absolute atomic E-state index is 11.0. The van der Waals surface area contributed by atoms with Gasteiger partial charge in [0.15, 0.2) is 5.82 Å². The van der Waals surface area contributed by atoms with Gasteiger partial charge < -0.3 is 5.32 Å². The second-order valence-electron chi connectivity index (χ2n) is 5.19. The van der Waals surface area contributed by atoms with Crippen LogP contribution in [-0.4, -0.2) is 27.0 Å². The molecule has 0 fully saturated rings. The topological polar surface area (TPSA) is 75.1 Å². The van der Waals surface area contributed by atoms with E-state index in [0.717, 1.165) is 16.8 Å². The highest BCUT2D eigenvalue weighted by Gasteiger charge is 2.11. The Kier molecular flexibility index (Phi) is 5.06. The zero-order valence-corrected chi connectivity index (χ0v) is 14.8. The quantitative estimate of drug-likeness (QED) is 0.535. The number of hydrogen-bond acceptors (Lipinski definition) is 4. The van der Waals surface area contributed by atoms with Crippen molar-refractivity contribution in [3.63, 3.8) is 0 Å². The molecule has 1 aromatic heterocycles. The molecule has 3 aromatic rings. The molecule has 1 heterocycles. The molecule has 0 saturated carbocycles. The summed E-state index contributed by atoms with van der Waals surface area (Å²) in [4.78, 5) is 11.0.